The van der Waals surface area contributed by atoms with Crippen molar-refractivity contribution in [3.63, 3.8) is 0 Å². The third kappa shape index (κ3) is 3.71. The number of nitrogens with one attached hydrogen (secondary N) is 2. The second-order valence-electron chi connectivity index (χ2n) is 7.05. The van der Waals surface area contributed by atoms with Crippen molar-refractivity contribution in [1.82, 2.24) is 15.5 Å². The highest BCUT2D eigenvalue weighted by atomic mass is 16.5. The number of hydrogen-bond donors (Lipinski definition) is 2. The Hall–Kier alpha value is -1.63. The van der Waals surface area contributed by atoms with E-state index in [1.54, 1.807) is 0 Å². The van der Waals surface area contributed by atoms with E-state index in [4.69, 9.17) is 4.74 Å². The monoisotopic (exact) mass is 337 g/mol. The fraction of sp³-hybridized carbons (Fsp3) is 0.824. The van der Waals surface area contributed by atoms with Crippen LogP contribution < -0.4 is 10.6 Å². The SMILES string of the molecule is O=C(CCC1CCCO1)NCCCN1C(=O)NC2(CCCC2)C1=O. The zero-order valence-electron chi connectivity index (χ0n) is 14.1. The van der Waals surface area contributed by atoms with Gasteiger partial charge >= 0.3 is 6.03 Å². The van der Waals surface area contributed by atoms with Gasteiger partial charge in [0.05, 0.1) is 6.10 Å². The zero-order valence-corrected chi connectivity index (χ0v) is 14.1. The number of urea groups is 1. The lowest BCUT2D eigenvalue weighted by Crippen LogP contribution is -2.44. The number of carbonyl (C=O) groups excluding carboxylic acids is 3. The summed E-state index contributed by atoms with van der Waals surface area (Å²) in [6.45, 7) is 1.65. The van der Waals surface area contributed by atoms with Gasteiger partial charge in [-0.3, -0.25) is 14.5 Å². The van der Waals surface area contributed by atoms with Gasteiger partial charge in [0.1, 0.15) is 5.54 Å². The maximum absolute atomic E-state index is 12.5. The summed E-state index contributed by atoms with van der Waals surface area (Å²) < 4.78 is 5.50. The topological polar surface area (TPSA) is 87.7 Å². The molecule has 0 aromatic heterocycles. The number of ether oxygens (including phenoxy) is 1. The highest BCUT2D eigenvalue weighted by Gasteiger charge is 2.51. The van der Waals surface area contributed by atoms with Gasteiger partial charge in [-0.15, -0.1) is 0 Å². The molecule has 0 aromatic carbocycles. The summed E-state index contributed by atoms with van der Waals surface area (Å²) in [6.07, 6.45) is 7.63. The first kappa shape index (κ1) is 17.2. The first-order valence-electron chi connectivity index (χ1n) is 9.13. The molecule has 2 heterocycles. The molecule has 1 atom stereocenters. The molecule has 7 heteroatoms. The molecule has 3 fully saturated rings. The van der Waals surface area contributed by atoms with Crippen LogP contribution in [0.3, 0.4) is 0 Å². The fourth-order valence-corrected chi connectivity index (χ4v) is 3.91. The van der Waals surface area contributed by atoms with E-state index in [1.807, 2.05) is 0 Å². The molecule has 0 radical (unpaired) electrons. The van der Waals surface area contributed by atoms with Crippen LogP contribution in [-0.2, 0) is 14.3 Å². The summed E-state index contributed by atoms with van der Waals surface area (Å²) >= 11 is 0. The summed E-state index contributed by atoms with van der Waals surface area (Å²) in [4.78, 5) is 37.6. The second kappa shape index (κ2) is 7.51. The molecule has 0 aromatic rings. The Morgan fingerprint density at radius 3 is 2.79 bits per heavy atom. The number of nitrogens with zero attached hydrogens (tertiary/aromatic N) is 1. The number of carbonyl (C=O) groups is 3. The van der Waals surface area contributed by atoms with Crippen LogP contribution in [0.4, 0.5) is 4.79 Å². The van der Waals surface area contributed by atoms with E-state index in [-0.39, 0.29) is 23.9 Å². The van der Waals surface area contributed by atoms with Crippen molar-refractivity contribution in [3.8, 4) is 0 Å². The Balaban J connectivity index is 1.33. The van der Waals surface area contributed by atoms with Crippen molar-refractivity contribution in [2.75, 3.05) is 19.7 Å². The van der Waals surface area contributed by atoms with Gasteiger partial charge in [0.2, 0.25) is 5.91 Å². The summed E-state index contributed by atoms with van der Waals surface area (Å²) in [7, 11) is 0. The first-order valence-corrected chi connectivity index (χ1v) is 9.13. The Kier molecular flexibility index (Phi) is 5.38. The Morgan fingerprint density at radius 1 is 1.29 bits per heavy atom. The van der Waals surface area contributed by atoms with Gasteiger partial charge in [-0.2, -0.15) is 0 Å². The van der Waals surface area contributed by atoms with E-state index in [2.05, 4.69) is 10.6 Å². The van der Waals surface area contributed by atoms with Crippen LogP contribution in [0, 0.1) is 0 Å². The maximum atomic E-state index is 12.5. The van der Waals surface area contributed by atoms with E-state index in [9.17, 15) is 14.4 Å². The molecule has 24 heavy (non-hydrogen) atoms. The molecule has 2 N–H and O–H groups in total. The van der Waals surface area contributed by atoms with Crippen LogP contribution in [0.25, 0.3) is 0 Å². The van der Waals surface area contributed by atoms with E-state index in [0.29, 0.717) is 25.9 Å². The average molecular weight is 337 g/mol. The van der Waals surface area contributed by atoms with E-state index >= 15 is 0 Å². The van der Waals surface area contributed by atoms with Gasteiger partial charge in [0.15, 0.2) is 0 Å². The number of rotatable bonds is 7. The Morgan fingerprint density at radius 2 is 2.08 bits per heavy atom. The van der Waals surface area contributed by atoms with Gasteiger partial charge in [-0.1, -0.05) is 12.8 Å². The quantitative estimate of drug-likeness (QED) is 0.542. The Bertz CT molecular complexity index is 496. The standard InChI is InChI=1S/C17H27N3O4/c21-14(7-6-13-5-3-12-24-13)18-10-4-11-20-15(22)17(19-16(20)23)8-1-2-9-17/h13H,1-12H2,(H,18,21)(H,19,23). The van der Waals surface area contributed by atoms with Crippen LogP contribution in [0.2, 0.25) is 0 Å². The maximum Gasteiger partial charge on any atom is 0.325 e. The lowest BCUT2D eigenvalue weighted by molar-refractivity contribution is -0.131. The first-order chi connectivity index (χ1) is 11.6. The van der Waals surface area contributed by atoms with Crippen LogP contribution >= 0.6 is 0 Å². The molecule has 1 unspecified atom stereocenters. The largest absolute Gasteiger partial charge is 0.378 e. The summed E-state index contributed by atoms with van der Waals surface area (Å²) in [5, 5.41) is 5.72. The summed E-state index contributed by atoms with van der Waals surface area (Å²) in [5.74, 6) is -0.0790. The third-order valence-corrected chi connectivity index (χ3v) is 5.30. The fourth-order valence-electron chi connectivity index (χ4n) is 3.91. The highest BCUT2D eigenvalue weighted by Crippen LogP contribution is 2.34. The molecule has 4 amide bonds. The normalized spacial score (nSPS) is 25.5. The van der Waals surface area contributed by atoms with Crippen molar-refractivity contribution in [1.29, 1.82) is 0 Å². The molecule has 3 aliphatic rings. The van der Waals surface area contributed by atoms with Crippen LogP contribution in [0.1, 0.15) is 57.8 Å². The molecular weight excluding hydrogens is 310 g/mol. The molecule has 7 nitrogen and oxygen atoms in total. The third-order valence-electron chi connectivity index (χ3n) is 5.30. The average Bonchev–Trinajstić information content (AvgIpc) is 3.28. The van der Waals surface area contributed by atoms with Gasteiger partial charge in [-0.25, -0.2) is 4.79 Å². The molecule has 1 aliphatic carbocycles. The smallest absolute Gasteiger partial charge is 0.325 e. The molecule has 0 bridgehead atoms. The highest BCUT2D eigenvalue weighted by molar-refractivity contribution is 6.07. The molecule has 1 saturated carbocycles. The number of hydrogen-bond acceptors (Lipinski definition) is 4. The van der Waals surface area contributed by atoms with Crippen molar-refractivity contribution < 1.29 is 19.1 Å². The van der Waals surface area contributed by atoms with Crippen molar-refractivity contribution in [2.24, 2.45) is 0 Å². The van der Waals surface area contributed by atoms with E-state index < -0.39 is 5.54 Å². The van der Waals surface area contributed by atoms with Crippen LogP contribution in [0.5, 0.6) is 0 Å². The zero-order chi connectivity index (χ0) is 17.0. The molecule has 2 saturated heterocycles. The van der Waals surface area contributed by atoms with Crippen molar-refractivity contribution in [3.05, 3.63) is 0 Å². The predicted octanol–water partition coefficient (Wildman–Crippen LogP) is 1.32. The van der Waals surface area contributed by atoms with Gasteiger partial charge in [0, 0.05) is 26.1 Å². The minimum Gasteiger partial charge on any atom is -0.378 e. The summed E-state index contributed by atoms with van der Waals surface area (Å²) in [5.41, 5.74) is -0.637. The molecule has 134 valence electrons. The molecule has 1 spiro atoms. The number of imide groups is 1. The molecular formula is C17H27N3O4. The minimum absolute atomic E-state index is 0.00923. The van der Waals surface area contributed by atoms with E-state index in [0.717, 1.165) is 51.6 Å². The van der Waals surface area contributed by atoms with Gasteiger partial charge in [0.25, 0.3) is 5.91 Å². The van der Waals surface area contributed by atoms with Gasteiger partial charge in [-0.05, 0) is 38.5 Å². The van der Waals surface area contributed by atoms with Crippen molar-refractivity contribution in [2.45, 2.75) is 69.4 Å². The van der Waals surface area contributed by atoms with Crippen molar-refractivity contribution >= 4 is 17.8 Å². The lowest BCUT2D eigenvalue weighted by atomic mass is 9.98. The Labute approximate surface area is 142 Å². The van der Waals surface area contributed by atoms with Crippen LogP contribution in [-0.4, -0.2) is 54.1 Å². The molecule has 2 aliphatic heterocycles. The second-order valence-corrected chi connectivity index (χ2v) is 7.05. The predicted molar refractivity (Wildman–Crippen MR) is 87.3 cm³/mol. The van der Waals surface area contributed by atoms with Crippen LogP contribution in [0.15, 0.2) is 0 Å². The molecule has 3 rings (SSSR count). The van der Waals surface area contributed by atoms with Gasteiger partial charge < -0.3 is 15.4 Å². The number of amides is 4. The van der Waals surface area contributed by atoms with E-state index in [1.165, 1.54) is 4.90 Å². The summed E-state index contributed by atoms with van der Waals surface area (Å²) in [6, 6.07) is -0.286. The minimum atomic E-state index is -0.637. The lowest BCUT2D eigenvalue weighted by Gasteiger charge is -2.20.